The number of hydrogen-bond donors (Lipinski definition) is 1. The zero-order valence-corrected chi connectivity index (χ0v) is 16.1. The minimum atomic E-state index is -3.59. The van der Waals surface area contributed by atoms with Crippen LogP contribution in [-0.2, 0) is 20.6 Å². The number of carbonyl (C=O) groups excluding carboxylic acids is 1. The van der Waals surface area contributed by atoms with Gasteiger partial charge in [-0.1, -0.05) is 29.8 Å². The number of amides is 1. The molecule has 0 atom stereocenters. The molecule has 2 aromatic carbocycles. The highest BCUT2D eigenvalue weighted by molar-refractivity contribution is 7.91. The lowest BCUT2D eigenvalue weighted by atomic mass is 10.1. The first-order chi connectivity index (χ1) is 12.3. The van der Waals surface area contributed by atoms with Crippen LogP contribution in [-0.4, -0.2) is 20.9 Å². The first-order valence-corrected chi connectivity index (χ1v) is 10.5. The Morgan fingerprint density at radius 3 is 2.69 bits per heavy atom. The molecule has 5 nitrogen and oxygen atoms in total. The van der Waals surface area contributed by atoms with Gasteiger partial charge in [0.1, 0.15) is 0 Å². The number of aryl methyl sites for hydroxylation is 1. The lowest BCUT2D eigenvalue weighted by Gasteiger charge is -2.28. The Morgan fingerprint density at radius 1 is 1.15 bits per heavy atom. The molecule has 2 aromatic rings. The van der Waals surface area contributed by atoms with Crippen molar-refractivity contribution in [2.24, 2.45) is 0 Å². The zero-order chi connectivity index (χ0) is 18.7. The summed E-state index contributed by atoms with van der Waals surface area (Å²) < 4.78 is 27.6. The first kappa shape index (κ1) is 18.7. The van der Waals surface area contributed by atoms with Crippen LogP contribution in [0.15, 0.2) is 42.5 Å². The van der Waals surface area contributed by atoms with Gasteiger partial charge in [0, 0.05) is 23.7 Å². The molecule has 0 bridgehead atoms. The number of nitrogens with one attached hydrogen (secondary N) is 1. The SMILES string of the molecule is Cc1ccc(NS(=O)(=O)Cc2cccc(Cl)c2)cc1N1CCCCC1=O. The summed E-state index contributed by atoms with van der Waals surface area (Å²) in [6.45, 7) is 2.58. The van der Waals surface area contributed by atoms with Crippen molar-refractivity contribution in [3.05, 3.63) is 58.6 Å². The van der Waals surface area contributed by atoms with Gasteiger partial charge in [-0.05, 0) is 55.2 Å². The second-order valence-electron chi connectivity index (χ2n) is 6.49. The first-order valence-electron chi connectivity index (χ1n) is 8.50. The molecule has 138 valence electrons. The lowest BCUT2D eigenvalue weighted by molar-refractivity contribution is -0.119. The predicted molar refractivity (Wildman–Crippen MR) is 105 cm³/mol. The number of halogens is 1. The average molecular weight is 393 g/mol. The normalized spacial score (nSPS) is 15.2. The molecule has 1 saturated heterocycles. The van der Waals surface area contributed by atoms with Gasteiger partial charge in [0.05, 0.1) is 11.4 Å². The third-order valence-electron chi connectivity index (χ3n) is 4.34. The van der Waals surface area contributed by atoms with Gasteiger partial charge in [-0.25, -0.2) is 8.42 Å². The van der Waals surface area contributed by atoms with E-state index in [1.54, 1.807) is 41.3 Å². The molecule has 0 saturated carbocycles. The quantitative estimate of drug-likeness (QED) is 0.832. The Hall–Kier alpha value is -2.05. The minimum Gasteiger partial charge on any atom is -0.312 e. The van der Waals surface area contributed by atoms with Crippen LogP contribution in [0.2, 0.25) is 5.02 Å². The summed E-state index contributed by atoms with van der Waals surface area (Å²) in [4.78, 5) is 13.9. The maximum Gasteiger partial charge on any atom is 0.236 e. The highest BCUT2D eigenvalue weighted by Gasteiger charge is 2.22. The van der Waals surface area contributed by atoms with Crippen LogP contribution in [0.1, 0.15) is 30.4 Å². The Labute approximate surface area is 159 Å². The number of benzene rings is 2. The van der Waals surface area contributed by atoms with Gasteiger partial charge in [0.25, 0.3) is 0 Å². The average Bonchev–Trinajstić information content (AvgIpc) is 2.56. The van der Waals surface area contributed by atoms with Gasteiger partial charge < -0.3 is 4.90 Å². The van der Waals surface area contributed by atoms with E-state index in [1.807, 2.05) is 13.0 Å². The molecule has 0 radical (unpaired) electrons. The number of hydrogen-bond acceptors (Lipinski definition) is 3. The number of piperidine rings is 1. The molecule has 0 unspecified atom stereocenters. The maximum atomic E-state index is 12.5. The number of rotatable bonds is 5. The molecule has 1 heterocycles. The molecular formula is C19H21ClN2O3S. The van der Waals surface area contributed by atoms with E-state index in [0.29, 0.717) is 29.2 Å². The fraction of sp³-hybridized carbons (Fsp3) is 0.316. The van der Waals surface area contributed by atoms with Crippen molar-refractivity contribution in [1.82, 2.24) is 0 Å². The molecule has 1 N–H and O–H groups in total. The molecule has 0 aliphatic carbocycles. The van der Waals surface area contributed by atoms with Crippen LogP contribution < -0.4 is 9.62 Å². The number of sulfonamides is 1. The van der Waals surface area contributed by atoms with Crippen LogP contribution in [0.3, 0.4) is 0 Å². The number of nitrogens with zero attached hydrogens (tertiary/aromatic N) is 1. The maximum absolute atomic E-state index is 12.5. The van der Waals surface area contributed by atoms with Crippen LogP contribution in [0.25, 0.3) is 0 Å². The smallest absolute Gasteiger partial charge is 0.236 e. The van der Waals surface area contributed by atoms with Gasteiger partial charge in [0.2, 0.25) is 15.9 Å². The molecule has 0 spiro atoms. The monoisotopic (exact) mass is 392 g/mol. The summed E-state index contributed by atoms with van der Waals surface area (Å²) in [5, 5.41) is 0.499. The Morgan fingerprint density at radius 2 is 1.96 bits per heavy atom. The van der Waals surface area contributed by atoms with Crippen LogP contribution in [0.4, 0.5) is 11.4 Å². The summed E-state index contributed by atoms with van der Waals surface area (Å²) in [5.74, 6) is -0.0855. The highest BCUT2D eigenvalue weighted by atomic mass is 35.5. The molecule has 0 aromatic heterocycles. The molecule has 1 fully saturated rings. The highest BCUT2D eigenvalue weighted by Crippen LogP contribution is 2.28. The predicted octanol–water partition coefficient (Wildman–Crippen LogP) is 4.11. The second kappa shape index (κ2) is 7.68. The number of carbonyl (C=O) groups is 1. The van der Waals surface area contributed by atoms with Crippen LogP contribution in [0.5, 0.6) is 0 Å². The van der Waals surface area contributed by atoms with E-state index in [4.69, 9.17) is 11.6 Å². The van der Waals surface area contributed by atoms with Crippen molar-refractivity contribution in [1.29, 1.82) is 0 Å². The van der Waals surface area contributed by atoms with Crippen molar-refractivity contribution in [2.45, 2.75) is 31.9 Å². The fourth-order valence-corrected chi connectivity index (χ4v) is 4.48. The molecule has 1 amide bonds. The molecule has 26 heavy (non-hydrogen) atoms. The summed E-state index contributed by atoms with van der Waals surface area (Å²) in [6, 6.07) is 12.0. The van der Waals surface area contributed by atoms with Crippen molar-refractivity contribution >= 4 is 38.9 Å². The zero-order valence-electron chi connectivity index (χ0n) is 14.5. The van der Waals surface area contributed by atoms with E-state index in [9.17, 15) is 13.2 Å². The summed E-state index contributed by atoms with van der Waals surface area (Å²) >= 11 is 5.92. The summed E-state index contributed by atoms with van der Waals surface area (Å²) in [6.07, 6.45) is 2.39. The van der Waals surface area contributed by atoms with Gasteiger partial charge in [-0.3, -0.25) is 9.52 Å². The van der Waals surface area contributed by atoms with E-state index in [0.717, 1.165) is 24.1 Å². The van der Waals surface area contributed by atoms with Crippen molar-refractivity contribution in [3.63, 3.8) is 0 Å². The van der Waals surface area contributed by atoms with Gasteiger partial charge in [-0.15, -0.1) is 0 Å². The Bertz CT molecular complexity index is 928. The van der Waals surface area contributed by atoms with E-state index < -0.39 is 10.0 Å². The topological polar surface area (TPSA) is 66.5 Å². The molecule has 1 aliphatic heterocycles. The standard InChI is InChI=1S/C19H21ClN2O3S/c1-14-8-9-17(12-18(14)22-10-3-2-7-19(22)23)21-26(24,25)13-15-5-4-6-16(20)11-15/h4-6,8-9,11-12,21H,2-3,7,10,13H2,1H3. The van der Waals surface area contributed by atoms with E-state index in [2.05, 4.69) is 4.72 Å². The Balaban J connectivity index is 1.81. The van der Waals surface area contributed by atoms with E-state index in [-0.39, 0.29) is 11.7 Å². The van der Waals surface area contributed by atoms with Crippen molar-refractivity contribution in [3.8, 4) is 0 Å². The van der Waals surface area contributed by atoms with Crippen LogP contribution in [0, 0.1) is 6.92 Å². The minimum absolute atomic E-state index is 0.0817. The fourth-order valence-electron chi connectivity index (χ4n) is 3.09. The van der Waals surface area contributed by atoms with E-state index >= 15 is 0 Å². The Kier molecular flexibility index (Phi) is 5.53. The summed E-state index contributed by atoms with van der Waals surface area (Å²) in [7, 11) is -3.59. The molecule has 1 aliphatic rings. The number of anilines is 2. The summed E-state index contributed by atoms with van der Waals surface area (Å²) in [5.41, 5.74) is 2.77. The molecular weight excluding hydrogens is 372 g/mol. The van der Waals surface area contributed by atoms with Crippen LogP contribution >= 0.6 is 11.6 Å². The van der Waals surface area contributed by atoms with Gasteiger partial charge in [-0.2, -0.15) is 0 Å². The largest absolute Gasteiger partial charge is 0.312 e. The molecule has 7 heteroatoms. The van der Waals surface area contributed by atoms with Gasteiger partial charge in [0.15, 0.2) is 0 Å². The van der Waals surface area contributed by atoms with Crippen molar-refractivity contribution in [2.75, 3.05) is 16.2 Å². The lowest BCUT2D eigenvalue weighted by Crippen LogP contribution is -2.35. The second-order valence-corrected chi connectivity index (χ2v) is 8.65. The third-order valence-corrected chi connectivity index (χ3v) is 5.84. The van der Waals surface area contributed by atoms with E-state index in [1.165, 1.54) is 0 Å². The van der Waals surface area contributed by atoms with Crippen molar-refractivity contribution < 1.29 is 13.2 Å². The molecule has 3 rings (SSSR count). The third kappa shape index (κ3) is 4.56. The van der Waals surface area contributed by atoms with Gasteiger partial charge >= 0.3 is 0 Å².